The zero-order valence-corrected chi connectivity index (χ0v) is 26.8. The Morgan fingerprint density at radius 1 is 0.857 bits per heavy atom. The first-order valence-corrected chi connectivity index (χ1v) is 17.9. The number of hydrogen-bond donors (Lipinski definition) is 1. The van der Waals surface area contributed by atoms with Crippen LogP contribution in [0.3, 0.4) is 0 Å². The molecule has 4 unspecified atom stereocenters. The van der Waals surface area contributed by atoms with E-state index in [0.29, 0.717) is 41.5 Å². The summed E-state index contributed by atoms with van der Waals surface area (Å²) < 4.78 is 6.03. The molecule has 1 saturated heterocycles. The standard InChI is InChI=1S/C36H58N2O4/c1-24(2)21-37-31-14-8-4-10-27(31)20-36(35(37)41)30-13-7-6-12-29(30)34(40)38(22-28-11-5-9-15-32(28)42-3)33(36)26-18-16-25(23-39)17-19-26/h24-28,31-33,39H,4-23H2,1-3H3/t25?,26?,27?,28?,31?,32?,33-,36-/m0/s1. The fraction of sp³-hybridized carbons (Fsp3) is 0.889. The Hall–Kier alpha value is -1.40. The van der Waals surface area contributed by atoms with Crippen LogP contribution >= 0.6 is 0 Å². The van der Waals surface area contributed by atoms with Crippen molar-refractivity contribution in [2.75, 3.05) is 26.8 Å². The number of carbonyl (C=O) groups excluding carboxylic acids is 2. The summed E-state index contributed by atoms with van der Waals surface area (Å²) >= 11 is 0. The lowest BCUT2D eigenvalue weighted by molar-refractivity contribution is -0.169. The number of aliphatic hydroxyl groups excluding tert-OH is 1. The lowest BCUT2D eigenvalue weighted by Crippen LogP contribution is -2.70. The lowest BCUT2D eigenvalue weighted by Gasteiger charge is -2.62. The van der Waals surface area contributed by atoms with E-state index >= 15 is 4.79 Å². The van der Waals surface area contributed by atoms with Crippen molar-refractivity contribution in [3.8, 4) is 0 Å². The molecular formula is C36H58N2O4. The van der Waals surface area contributed by atoms with Crippen LogP contribution in [0, 0.1) is 35.0 Å². The van der Waals surface area contributed by atoms with Crippen LogP contribution in [0.2, 0.25) is 0 Å². The number of hydrogen-bond acceptors (Lipinski definition) is 4. The zero-order valence-electron chi connectivity index (χ0n) is 26.8. The second kappa shape index (κ2) is 12.9. The van der Waals surface area contributed by atoms with Crippen LogP contribution in [0.15, 0.2) is 11.1 Å². The second-order valence-electron chi connectivity index (χ2n) is 15.5. The maximum absolute atomic E-state index is 15.5. The second-order valence-corrected chi connectivity index (χ2v) is 15.5. The molecule has 3 saturated carbocycles. The number of carbonyl (C=O) groups is 2. The van der Waals surface area contributed by atoms with Gasteiger partial charge in [-0.05, 0) is 113 Å². The summed E-state index contributed by atoms with van der Waals surface area (Å²) in [7, 11) is 1.84. The van der Waals surface area contributed by atoms with Crippen LogP contribution in [-0.2, 0) is 14.3 Å². The molecule has 2 amide bonds. The van der Waals surface area contributed by atoms with E-state index in [-0.39, 0.29) is 24.7 Å². The summed E-state index contributed by atoms with van der Waals surface area (Å²) in [5, 5.41) is 9.99. The highest BCUT2D eigenvalue weighted by Gasteiger charge is 2.64. The number of rotatable bonds is 7. The highest BCUT2D eigenvalue weighted by molar-refractivity contribution is 6.01. The summed E-state index contributed by atoms with van der Waals surface area (Å²) in [6.07, 6.45) is 18.5. The topological polar surface area (TPSA) is 70.1 Å². The predicted molar refractivity (Wildman–Crippen MR) is 166 cm³/mol. The molecule has 236 valence electrons. The van der Waals surface area contributed by atoms with Gasteiger partial charge in [0, 0.05) is 44.3 Å². The first-order chi connectivity index (χ1) is 20.4. The molecule has 1 N–H and O–H groups in total. The molecule has 6 heteroatoms. The van der Waals surface area contributed by atoms with Crippen molar-refractivity contribution in [3.05, 3.63) is 11.1 Å². The molecule has 2 heterocycles. The van der Waals surface area contributed by atoms with Gasteiger partial charge in [0.15, 0.2) is 0 Å². The van der Waals surface area contributed by atoms with Gasteiger partial charge in [-0.1, -0.05) is 39.5 Å². The third kappa shape index (κ3) is 5.39. The number of piperidine rings is 1. The van der Waals surface area contributed by atoms with E-state index in [4.69, 9.17) is 4.74 Å². The van der Waals surface area contributed by atoms with Gasteiger partial charge in [-0.2, -0.15) is 0 Å². The highest BCUT2D eigenvalue weighted by atomic mass is 16.5. The number of amides is 2. The molecule has 0 radical (unpaired) electrons. The molecule has 6 atom stereocenters. The SMILES string of the molecule is COC1CCCCC1CN1C(=O)C2=C(CCCC2)[C@@]2(CC3CCCCC3N(CC(C)C)C2=O)[C@@H]1C1CCC(CO)CC1. The third-order valence-corrected chi connectivity index (χ3v) is 12.6. The largest absolute Gasteiger partial charge is 0.396 e. The van der Waals surface area contributed by atoms with Gasteiger partial charge in [0.05, 0.1) is 17.6 Å². The Morgan fingerprint density at radius 2 is 1.57 bits per heavy atom. The molecule has 4 aliphatic carbocycles. The van der Waals surface area contributed by atoms with Crippen LogP contribution in [0.5, 0.6) is 0 Å². The normalized spacial score (nSPS) is 39.6. The van der Waals surface area contributed by atoms with Gasteiger partial charge < -0.3 is 19.6 Å². The Labute approximate surface area is 255 Å². The number of ether oxygens (including phenoxy) is 1. The maximum Gasteiger partial charge on any atom is 0.250 e. The molecule has 6 rings (SSSR count). The molecule has 2 aliphatic heterocycles. The number of nitrogens with zero attached hydrogens (tertiary/aromatic N) is 2. The van der Waals surface area contributed by atoms with Crippen molar-refractivity contribution in [2.24, 2.45) is 35.0 Å². The molecule has 0 aromatic rings. The molecule has 42 heavy (non-hydrogen) atoms. The summed E-state index contributed by atoms with van der Waals surface area (Å²) in [6.45, 7) is 6.33. The Kier molecular flexibility index (Phi) is 9.41. The van der Waals surface area contributed by atoms with Gasteiger partial charge in [0.25, 0.3) is 0 Å². The molecule has 0 bridgehead atoms. The first-order valence-electron chi connectivity index (χ1n) is 17.9. The fourth-order valence-electron chi connectivity index (χ4n) is 10.7. The van der Waals surface area contributed by atoms with Crippen molar-refractivity contribution in [1.29, 1.82) is 0 Å². The number of fused-ring (bicyclic) bond motifs is 2. The van der Waals surface area contributed by atoms with Gasteiger partial charge in [0.1, 0.15) is 0 Å². The van der Waals surface area contributed by atoms with Gasteiger partial charge in [0.2, 0.25) is 11.8 Å². The lowest BCUT2D eigenvalue weighted by atomic mass is 9.53. The maximum atomic E-state index is 15.5. The zero-order chi connectivity index (χ0) is 29.4. The Balaban J connectivity index is 1.49. The van der Waals surface area contributed by atoms with Crippen molar-refractivity contribution in [1.82, 2.24) is 9.80 Å². The average Bonchev–Trinajstić information content (AvgIpc) is 3.02. The predicted octanol–water partition coefficient (Wildman–Crippen LogP) is 6.51. The molecule has 6 aliphatic rings. The molecule has 0 aromatic heterocycles. The summed E-state index contributed by atoms with van der Waals surface area (Å²) in [5.74, 6) is 2.57. The monoisotopic (exact) mass is 582 g/mol. The number of methoxy groups -OCH3 is 1. The minimum absolute atomic E-state index is 0.0639. The Morgan fingerprint density at radius 3 is 2.31 bits per heavy atom. The van der Waals surface area contributed by atoms with E-state index in [2.05, 4.69) is 23.6 Å². The number of aliphatic hydroxyl groups is 1. The molecular weight excluding hydrogens is 524 g/mol. The van der Waals surface area contributed by atoms with Gasteiger partial charge in [-0.15, -0.1) is 0 Å². The average molecular weight is 583 g/mol. The summed E-state index contributed by atoms with van der Waals surface area (Å²) in [5.41, 5.74) is 1.70. The smallest absolute Gasteiger partial charge is 0.250 e. The molecule has 4 fully saturated rings. The third-order valence-electron chi connectivity index (χ3n) is 12.6. The van der Waals surface area contributed by atoms with Crippen LogP contribution < -0.4 is 0 Å². The van der Waals surface area contributed by atoms with Crippen LogP contribution in [0.1, 0.15) is 123 Å². The van der Waals surface area contributed by atoms with Gasteiger partial charge in [-0.3, -0.25) is 9.59 Å². The minimum atomic E-state index is -0.578. The van der Waals surface area contributed by atoms with Gasteiger partial charge >= 0.3 is 0 Å². The highest BCUT2D eigenvalue weighted by Crippen LogP contribution is 2.59. The minimum Gasteiger partial charge on any atom is -0.396 e. The molecule has 0 aromatic carbocycles. The van der Waals surface area contributed by atoms with E-state index < -0.39 is 5.41 Å². The summed E-state index contributed by atoms with van der Waals surface area (Å²) in [4.78, 5) is 34.9. The fourth-order valence-corrected chi connectivity index (χ4v) is 10.7. The van der Waals surface area contributed by atoms with E-state index in [0.717, 1.165) is 95.7 Å². The summed E-state index contributed by atoms with van der Waals surface area (Å²) in [6, 6.07) is 0.297. The van der Waals surface area contributed by atoms with Crippen LogP contribution in [0.25, 0.3) is 0 Å². The van der Waals surface area contributed by atoms with E-state index in [9.17, 15) is 9.90 Å². The van der Waals surface area contributed by atoms with Gasteiger partial charge in [-0.25, -0.2) is 0 Å². The van der Waals surface area contributed by atoms with E-state index in [1.54, 1.807) is 0 Å². The number of likely N-dealkylation sites (tertiary alicyclic amines) is 1. The van der Waals surface area contributed by atoms with E-state index in [1.165, 1.54) is 37.7 Å². The van der Waals surface area contributed by atoms with Crippen LogP contribution in [-0.4, -0.2) is 71.7 Å². The van der Waals surface area contributed by atoms with Crippen molar-refractivity contribution >= 4 is 11.8 Å². The first kappa shape index (κ1) is 30.6. The Bertz CT molecular complexity index is 1020. The van der Waals surface area contributed by atoms with Crippen molar-refractivity contribution in [2.45, 2.75) is 141 Å². The van der Waals surface area contributed by atoms with E-state index in [1.807, 2.05) is 7.11 Å². The molecule has 6 nitrogen and oxygen atoms in total. The van der Waals surface area contributed by atoms with Crippen LogP contribution in [0.4, 0.5) is 0 Å². The van der Waals surface area contributed by atoms with Crippen molar-refractivity contribution < 1.29 is 19.4 Å². The quantitative estimate of drug-likeness (QED) is 0.372. The molecule has 1 spiro atoms. The van der Waals surface area contributed by atoms with Crippen molar-refractivity contribution in [3.63, 3.8) is 0 Å².